The third kappa shape index (κ3) is 5.91. The lowest BCUT2D eigenvalue weighted by Crippen LogP contribution is -2.34. The highest BCUT2D eigenvalue weighted by Gasteiger charge is 2.18. The Morgan fingerprint density at radius 2 is 1.67 bits per heavy atom. The molecular formula is C20H23N3O4. The van der Waals surface area contributed by atoms with Crippen molar-refractivity contribution in [1.82, 2.24) is 10.6 Å². The normalized spacial score (nSPS) is 11.7. The Morgan fingerprint density at radius 3 is 2.22 bits per heavy atom. The highest BCUT2D eigenvalue weighted by Crippen LogP contribution is 2.21. The van der Waals surface area contributed by atoms with Crippen LogP contribution >= 0.6 is 0 Å². The third-order valence-corrected chi connectivity index (χ3v) is 4.12. The van der Waals surface area contributed by atoms with E-state index >= 15 is 0 Å². The molecule has 2 aromatic carbocycles. The van der Waals surface area contributed by atoms with Gasteiger partial charge in [0, 0.05) is 30.7 Å². The summed E-state index contributed by atoms with van der Waals surface area (Å²) in [6, 6.07) is 15.0. The number of rotatable bonds is 8. The molecule has 0 saturated carbocycles. The fraction of sp³-hybridized carbons (Fsp3) is 0.300. The summed E-state index contributed by atoms with van der Waals surface area (Å²) < 4.78 is 0. The summed E-state index contributed by atoms with van der Waals surface area (Å²) in [5, 5.41) is 16.3. The van der Waals surface area contributed by atoms with Crippen LogP contribution in [-0.4, -0.2) is 23.3 Å². The number of nitrogens with one attached hydrogen (secondary N) is 2. The number of hydrogen-bond acceptors (Lipinski definition) is 4. The zero-order valence-corrected chi connectivity index (χ0v) is 15.3. The summed E-state index contributed by atoms with van der Waals surface area (Å²) in [4.78, 5) is 34.4. The zero-order chi connectivity index (χ0) is 19.8. The van der Waals surface area contributed by atoms with E-state index in [1.807, 2.05) is 44.2 Å². The van der Waals surface area contributed by atoms with Crippen LogP contribution in [0.3, 0.4) is 0 Å². The summed E-state index contributed by atoms with van der Waals surface area (Å²) in [6.07, 6.45) is 0.148. The molecule has 1 atom stereocenters. The minimum Gasteiger partial charge on any atom is -0.352 e. The number of nitro benzene ring substituents is 1. The van der Waals surface area contributed by atoms with Crippen molar-refractivity contribution in [3.63, 3.8) is 0 Å². The Labute approximate surface area is 157 Å². The van der Waals surface area contributed by atoms with Gasteiger partial charge in [0.05, 0.1) is 11.0 Å². The van der Waals surface area contributed by atoms with Gasteiger partial charge in [-0.05, 0) is 23.6 Å². The van der Waals surface area contributed by atoms with Crippen molar-refractivity contribution >= 4 is 17.5 Å². The maximum Gasteiger partial charge on any atom is 0.269 e. The quantitative estimate of drug-likeness (QED) is 0.551. The van der Waals surface area contributed by atoms with Crippen LogP contribution in [-0.2, 0) is 4.79 Å². The highest BCUT2D eigenvalue weighted by molar-refractivity contribution is 5.94. The molecule has 2 rings (SSSR count). The predicted molar refractivity (Wildman–Crippen MR) is 102 cm³/mol. The average molecular weight is 369 g/mol. The second-order valence-corrected chi connectivity index (χ2v) is 6.51. The average Bonchev–Trinajstić information content (AvgIpc) is 2.66. The molecule has 2 aromatic rings. The monoisotopic (exact) mass is 369 g/mol. The molecular weight excluding hydrogens is 346 g/mol. The maximum atomic E-state index is 12.2. The molecule has 2 N–H and O–H groups in total. The van der Waals surface area contributed by atoms with Gasteiger partial charge >= 0.3 is 0 Å². The molecule has 142 valence electrons. The van der Waals surface area contributed by atoms with E-state index in [0.717, 1.165) is 5.56 Å². The van der Waals surface area contributed by atoms with Gasteiger partial charge in [0.15, 0.2) is 0 Å². The summed E-state index contributed by atoms with van der Waals surface area (Å²) in [5.74, 6) is -0.297. The van der Waals surface area contributed by atoms with Crippen molar-refractivity contribution in [2.75, 3.05) is 6.54 Å². The van der Waals surface area contributed by atoms with E-state index in [2.05, 4.69) is 10.6 Å². The minimum atomic E-state index is -0.524. The van der Waals surface area contributed by atoms with E-state index in [9.17, 15) is 19.7 Å². The van der Waals surface area contributed by atoms with Crippen LogP contribution < -0.4 is 10.6 Å². The number of non-ortho nitro benzene ring substituents is 1. The Hall–Kier alpha value is -3.22. The summed E-state index contributed by atoms with van der Waals surface area (Å²) in [7, 11) is 0. The maximum absolute atomic E-state index is 12.2. The Bertz CT molecular complexity index is 789. The predicted octanol–water partition coefficient (Wildman–Crippen LogP) is 3.23. The molecule has 2 amide bonds. The van der Waals surface area contributed by atoms with E-state index in [0.29, 0.717) is 5.56 Å². The molecule has 0 aromatic heterocycles. The molecule has 0 bridgehead atoms. The first-order valence-electron chi connectivity index (χ1n) is 8.75. The van der Waals surface area contributed by atoms with Gasteiger partial charge in [-0.3, -0.25) is 19.7 Å². The summed E-state index contributed by atoms with van der Waals surface area (Å²) in [6.45, 7) is 4.25. The van der Waals surface area contributed by atoms with E-state index in [1.165, 1.54) is 24.3 Å². The molecule has 0 radical (unpaired) electrons. The first kappa shape index (κ1) is 20.1. The Balaban J connectivity index is 1.84. The zero-order valence-electron chi connectivity index (χ0n) is 15.3. The van der Waals surface area contributed by atoms with Gasteiger partial charge in [0.1, 0.15) is 0 Å². The van der Waals surface area contributed by atoms with Gasteiger partial charge < -0.3 is 10.6 Å². The van der Waals surface area contributed by atoms with Gasteiger partial charge in [-0.1, -0.05) is 44.2 Å². The second kappa shape index (κ2) is 9.47. The molecule has 0 spiro atoms. The fourth-order valence-corrected chi connectivity index (χ4v) is 2.67. The van der Waals surface area contributed by atoms with Crippen molar-refractivity contribution in [1.29, 1.82) is 0 Å². The lowest BCUT2D eigenvalue weighted by atomic mass is 9.96. The summed E-state index contributed by atoms with van der Waals surface area (Å²) in [5.41, 5.74) is 1.27. The van der Waals surface area contributed by atoms with Crippen molar-refractivity contribution in [3.05, 3.63) is 75.8 Å². The molecule has 27 heavy (non-hydrogen) atoms. The molecule has 0 aliphatic rings. The molecule has 7 heteroatoms. The van der Waals surface area contributed by atoms with Crippen LogP contribution in [0.15, 0.2) is 54.6 Å². The Morgan fingerprint density at radius 1 is 1.04 bits per heavy atom. The van der Waals surface area contributed by atoms with Crippen LogP contribution in [0.5, 0.6) is 0 Å². The van der Waals surface area contributed by atoms with Crippen molar-refractivity contribution in [2.45, 2.75) is 26.3 Å². The minimum absolute atomic E-state index is 0.0773. The van der Waals surface area contributed by atoms with Gasteiger partial charge in [0.25, 0.3) is 11.6 Å². The molecule has 0 fully saturated rings. The van der Waals surface area contributed by atoms with E-state index < -0.39 is 4.92 Å². The van der Waals surface area contributed by atoms with Gasteiger partial charge in [-0.2, -0.15) is 0 Å². The molecule has 0 aliphatic carbocycles. The fourth-order valence-electron chi connectivity index (χ4n) is 2.67. The standard InChI is InChI=1S/C20H23N3O4/c1-14(2)19(15-6-4-3-5-7-15)22-18(24)12-13-21-20(25)16-8-10-17(11-9-16)23(26)27/h3-11,14,19H,12-13H2,1-2H3,(H,21,25)(H,22,24)/t19-/m0/s1. The van der Waals surface area contributed by atoms with Crippen LogP contribution in [0.25, 0.3) is 0 Å². The Kier molecular flexibility index (Phi) is 7.05. The highest BCUT2D eigenvalue weighted by atomic mass is 16.6. The van der Waals surface area contributed by atoms with Crippen LogP contribution in [0.4, 0.5) is 5.69 Å². The number of nitrogens with zero attached hydrogens (tertiary/aromatic N) is 1. The SMILES string of the molecule is CC(C)[C@H](NC(=O)CCNC(=O)c1ccc([N+](=O)[O-])cc1)c1ccccc1. The number of carbonyl (C=O) groups is 2. The topological polar surface area (TPSA) is 101 Å². The van der Waals surface area contributed by atoms with Gasteiger partial charge in [-0.15, -0.1) is 0 Å². The lowest BCUT2D eigenvalue weighted by molar-refractivity contribution is -0.384. The molecule has 0 saturated heterocycles. The van der Waals surface area contributed by atoms with Crippen molar-refractivity contribution < 1.29 is 14.5 Å². The van der Waals surface area contributed by atoms with Crippen LogP contribution in [0, 0.1) is 16.0 Å². The van der Waals surface area contributed by atoms with Gasteiger partial charge in [0.2, 0.25) is 5.91 Å². The van der Waals surface area contributed by atoms with Crippen LogP contribution in [0.2, 0.25) is 0 Å². The molecule has 7 nitrogen and oxygen atoms in total. The molecule has 0 aliphatic heterocycles. The summed E-state index contributed by atoms with van der Waals surface area (Å²) >= 11 is 0. The second-order valence-electron chi connectivity index (χ2n) is 6.51. The van der Waals surface area contributed by atoms with E-state index in [1.54, 1.807) is 0 Å². The van der Waals surface area contributed by atoms with Gasteiger partial charge in [-0.25, -0.2) is 0 Å². The molecule has 0 heterocycles. The van der Waals surface area contributed by atoms with Crippen LogP contribution in [0.1, 0.15) is 42.2 Å². The number of hydrogen-bond donors (Lipinski definition) is 2. The third-order valence-electron chi connectivity index (χ3n) is 4.12. The first-order valence-corrected chi connectivity index (χ1v) is 8.75. The smallest absolute Gasteiger partial charge is 0.269 e. The largest absolute Gasteiger partial charge is 0.352 e. The number of benzene rings is 2. The van der Waals surface area contributed by atoms with Crippen molar-refractivity contribution in [3.8, 4) is 0 Å². The lowest BCUT2D eigenvalue weighted by Gasteiger charge is -2.23. The van der Waals surface area contributed by atoms with Crippen molar-refractivity contribution in [2.24, 2.45) is 5.92 Å². The number of nitro groups is 1. The van der Waals surface area contributed by atoms with E-state index in [4.69, 9.17) is 0 Å². The van der Waals surface area contributed by atoms with E-state index in [-0.39, 0.29) is 42.4 Å². The first-order chi connectivity index (χ1) is 12.9. The number of carbonyl (C=O) groups excluding carboxylic acids is 2. The number of amides is 2. The molecule has 0 unspecified atom stereocenters.